The first-order valence-corrected chi connectivity index (χ1v) is 7.89. The van der Waals surface area contributed by atoms with Crippen molar-refractivity contribution >= 4 is 11.7 Å². The summed E-state index contributed by atoms with van der Waals surface area (Å²) < 4.78 is 0. The van der Waals surface area contributed by atoms with Crippen LogP contribution in [-0.4, -0.2) is 32.8 Å². The van der Waals surface area contributed by atoms with E-state index in [2.05, 4.69) is 15.0 Å². The number of aromatic nitrogens is 3. The van der Waals surface area contributed by atoms with E-state index in [-0.39, 0.29) is 23.5 Å². The molecule has 0 aliphatic rings. The molecule has 0 spiro atoms. The van der Waals surface area contributed by atoms with E-state index in [0.29, 0.717) is 0 Å². The molecule has 0 saturated carbocycles. The Balaban J connectivity index is 2.03. The number of anilines is 1. The fourth-order valence-electron chi connectivity index (χ4n) is 2.68. The van der Waals surface area contributed by atoms with Crippen molar-refractivity contribution in [3.8, 4) is 0 Å². The highest BCUT2D eigenvalue weighted by molar-refractivity contribution is 5.96. The lowest BCUT2D eigenvalue weighted by Gasteiger charge is -2.28. The smallest absolute Gasteiger partial charge is 0.276 e. The summed E-state index contributed by atoms with van der Waals surface area (Å²) in [6.07, 6.45) is 4.63. The van der Waals surface area contributed by atoms with E-state index < -0.39 is 0 Å². The number of nitrogens with two attached hydrogens (primary N) is 1. The van der Waals surface area contributed by atoms with Crippen molar-refractivity contribution in [3.63, 3.8) is 0 Å². The lowest BCUT2D eigenvalue weighted by molar-refractivity contribution is 0.0747. The fourth-order valence-corrected chi connectivity index (χ4v) is 2.68. The molecule has 0 bridgehead atoms. The average Bonchev–Trinajstić information content (AvgIpc) is 2.64. The number of hydrogen-bond acceptors (Lipinski definition) is 5. The Hall–Kier alpha value is -3.28. The Bertz CT molecular complexity index is 864. The van der Waals surface area contributed by atoms with Gasteiger partial charge in [0.2, 0.25) is 0 Å². The molecule has 25 heavy (non-hydrogen) atoms. The van der Waals surface area contributed by atoms with E-state index in [0.717, 1.165) is 16.8 Å². The maximum absolute atomic E-state index is 12.9. The Morgan fingerprint density at radius 2 is 1.72 bits per heavy atom. The molecule has 1 atom stereocenters. The number of aryl methyl sites for hydroxylation is 1. The molecule has 6 nitrogen and oxygen atoms in total. The van der Waals surface area contributed by atoms with Gasteiger partial charge < -0.3 is 10.6 Å². The number of carbonyl (C=O) groups is 1. The molecule has 0 saturated heterocycles. The monoisotopic (exact) mass is 333 g/mol. The van der Waals surface area contributed by atoms with Crippen molar-refractivity contribution in [1.82, 2.24) is 19.9 Å². The van der Waals surface area contributed by atoms with Crippen LogP contribution in [0.4, 0.5) is 5.82 Å². The summed E-state index contributed by atoms with van der Waals surface area (Å²) in [5.74, 6) is -0.190. The summed E-state index contributed by atoms with van der Waals surface area (Å²) >= 11 is 0. The molecule has 2 aromatic heterocycles. The number of nitrogens with zero attached hydrogens (tertiary/aromatic N) is 4. The standard InChI is InChI=1S/C19H19N5O/c1-13-6-8-14(9-7-13)17(15-5-3-4-10-21-15)24(2)19(25)16-18(20)23-12-11-22-16/h3-12,17H,1-2H3,(H2,20,23). The van der Waals surface area contributed by atoms with E-state index in [1.807, 2.05) is 49.4 Å². The largest absolute Gasteiger partial charge is 0.382 e. The minimum atomic E-state index is -0.351. The lowest BCUT2D eigenvalue weighted by Crippen LogP contribution is -2.33. The summed E-state index contributed by atoms with van der Waals surface area (Å²) in [7, 11) is 1.72. The van der Waals surface area contributed by atoms with Gasteiger partial charge in [-0.3, -0.25) is 9.78 Å². The molecular weight excluding hydrogens is 314 g/mol. The minimum Gasteiger partial charge on any atom is -0.382 e. The number of benzene rings is 1. The first-order chi connectivity index (χ1) is 12.1. The second-order valence-electron chi connectivity index (χ2n) is 5.77. The first kappa shape index (κ1) is 16.6. The highest BCUT2D eigenvalue weighted by Gasteiger charge is 2.27. The zero-order valence-corrected chi connectivity index (χ0v) is 14.1. The van der Waals surface area contributed by atoms with Crippen molar-refractivity contribution in [1.29, 1.82) is 0 Å². The van der Waals surface area contributed by atoms with Crippen molar-refractivity contribution in [3.05, 3.63) is 83.6 Å². The third kappa shape index (κ3) is 3.47. The lowest BCUT2D eigenvalue weighted by atomic mass is 10.00. The van der Waals surface area contributed by atoms with Gasteiger partial charge in [0.1, 0.15) is 0 Å². The second-order valence-corrected chi connectivity index (χ2v) is 5.77. The Kier molecular flexibility index (Phi) is 4.70. The number of nitrogen functional groups attached to an aromatic ring is 1. The SMILES string of the molecule is Cc1ccc(C(c2ccccn2)N(C)C(=O)c2nccnc2N)cc1. The van der Waals surface area contributed by atoms with E-state index in [1.165, 1.54) is 12.4 Å². The Labute approximate surface area is 146 Å². The van der Waals surface area contributed by atoms with Gasteiger partial charge in [0.15, 0.2) is 11.5 Å². The van der Waals surface area contributed by atoms with Gasteiger partial charge in [-0.05, 0) is 24.6 Å². The highest BCUT2D eigenvalue weighted by atomic mass is 16.2. The molecule has 0 radical (unpaired) electrons. The molecule has 126 valence electrons. The predicted molar refractivity (Wildman–Crippen MR) is 95.8 cm³/mol. The van der Waals surface area contributed by atoms with Gasteiger partial charge >= 0.3 is 0 Å². The zero-order valence-electron chi connectivity index (χ0n) is 14.1. The van der Waals surface area contributed by atoms with Gasteiger partial charge in [-0.25, -0.2) is 9.97 Å². The number of hydrogen-bond donors (Lipinski definition) is 1. The van der Waals surface area contributed by atoms with Crippen LogP contribution in [0.3, 0.4) is 0 Å². The topological polar surface area (TPSA) is 85.0 Å². The average molecular weight is 333 g/mol. The van der Waals surface area contributed by atoms with Crippen LogP contribution in [0.25, 0.3) is 0 Å². The van der Waals surface area contributed by atoms with Crippen LogP contribution >= 0.6 is 0 Å². The third-order valence-corrected chi connectivity index (χ3v) is 4.00. The zero-order chi connectivity index (χ0) is 17.8. The molecule has 2 N–H and O–H groups in total. The van der Waals surface area contributed by atoms with Crippen molar-refractivity contribution in [2.75, 3.05) is 12.8 Å². The van der Waals surface area contributed by atoms with Crippen LogP contribution in [-0.2, 0) is 0 Å². The molecule has 6 heteroatoms. The van der Waals surface area contributed by atoms with Crippen LogP contribution in [0.1, 0.15) is 33.4 Å². The van der Waals surface area contributed by atoms with Crippen LogP contribution in [0.5, 0.6) is 0 Å². The molecule has 0 fully saturated rings. The number of amides is 1. The Morgan fingerprint density at radius 1 is 1.00 bits per heavy atom. The summed E-state index contributed by atoms with van der Waals surface area (Å²) in [6.45, 7) is 2.02. The van der Waals surface area contributed by atoms with Crippen LogP contribution < -0.4 is 5.73 Å². The second kappa shape index (κ2) is 7.09. The summed E-state index contributed by atoms with van der Waals surface area (Å²) in [5.41, 5.74) is 8.83. The van der Waals surface area contributed by atoms with E-state index >= 15 is 0 Å². The highest BCUT2D eigenvalue weighted by Crippen LogP contribution is 2.28. The molecule has 1 amide bonds. The van der Waals surface area contributed by atoms with Gasteiger partial charge in [-0.2, -0.15) is 0 Å². The minimum absolute atomic E-state index is 0.114. The summed E-state index contributed by atoms with van der Waals surface area (Å²) in [5, 5.41) is 0. The Morgan fingerprint density at radius 3 is 2.36 bits per heavy atom. The van der Waals surface area contributed by atoms with E-state index in [1.54, 1.807) is 18.1 Å². The van der Waals surface area contributed by atoms with E-state index in [9.17, 15) is 4.79 Å². The van der Waals surface area contributed by atoms with Crippen molar-refractivity contribution in [2.45, 2.75) is 13.0 Å². The number of carbonyl (C=O) groups excluding carboxylic acids is 1. The summed E-state index contributed by atoms with van der Waals surface area (Å²) in [6, 6.07) is 13.3. The van der Waals surface area contributed by atoms with Crippen LogP contribution in [0.2, 0.25) is 0 Å². The van der Waals surface area contributed by atoms with E-state index in [4.69, 9.17) is 5.73 Å². The van der Waals surface area contributed by atoms with Crippen molar-refractivity contribution in [2.24, 2.45) is 0 Å². The molecule has 0 aliphatic carbocycles. The number of pyridine rings is 1. The molecule has 3 aromatic rings. The van der Waals surface area contributed by atoms with Gasteiger partial charge in [0, 0.05) is 25.6 Å². The third-order valence-electron chi connectivity index (χ3n) is 4.00. The first-order valence-electron chi connectivity index (χ1n) is 7.89. The van der Waals surface area contributed by atoms with Crippen LogP contribution in [0, 0.1) is 6.92 Å². The number of rotatable bonds is 4. The fraction of sp³-hybridized carbons (Fsp3) is 0.158. The molecule has 0 aliphatic heterocycles. The molecule has 3 rings (SSSR count). The van der Waals surface area contributed by atoms with Gasteiger partial charge in [-0.1, -0.05) is 35.9 Å². The molecule has 1 aromatic carbocycles. The summed E-state index contributed by atoms with van der Waals surface area (Å²) in [4.78, 5) is 27.0. The predicted octanol–water partition coefficient (Wildman–Crippen LogP) is 2.62. The van der Waals surface area contributed by atoms with Gasteiger partial charge in [0.05, 0.1) is 11.7 Å². The maximum Gasteiger partial charge on any atom is 0.276 e. The quantitative estimate of drug-likeness (QED) is 0.793. The van der Waals surface area contributed by atoms with Crippen LogP contribution in [0.15, 0.2) is 61.1 Å². The molecule has 2 heterocycles. The molecular formula is C19H19N5O. The van der Waals surface area contributed by atoms with Gasteiger partial charge in [0.25, 0.3) is 5.91 Å². The van der Waals surface area contributed by atoms with Gasteiger partial charge in [-0.15, -0.1) is 0 Å². The molecule has 1 unspecified atom stereocenters. The maximum atomic E-state index is 12.9. The van der Waals surface area contributed by atoms with Crippen molar-refractivity contribution < 1.29 is 4.79 Å². The normalized spacial score (nSPS) is 11.8.